The number of ether oxygens (including phenoxy) is 2. The Morgan fingerprint density at radius 1 is 1.00 bits per heavy atom. The molecule has 0 aliphatic carbocycles. The number of halogens is 1. The highest BCUT2D eigenvalue weighted by Crippen LogP contribution is 2.33. The van der Waals surface area contributed by atoms with Crippen LogP contribution < -0.4 is 9.47 Å². The topological polar surface area (TPSA) is 77.4 Å². The first kappa shape index (κ1) is 20.6. The molecule has 164 valence electrons. The second-order valence-electron chi connectivity index (χ2n) is 7.50. The average Bonchev–Trinajstić information content (AvgIpc) is 3.28. The number of hydrogen-bond acceptors (Lipinski definition) is 6. The first-order valence-electron chi connectivity index (χ1n) is 10.3. The first-order valence-corrected chi connectivity index (χ1v) is 10.3. The Morgan fingerprint density at radius 2 is 1.73 bits per heavy atom. The predicted octanol–water partition coefficient (Wildman–Crippen LogP) is 4.63. The zero-order chi connectivity index (χ0) is 22.8. The normalized spacial score (nSPS) is 12.4. The van der Waals surface area contributed by atoms with Gasteiger partial charge in [0.05, 0.1) is 12.7 Å². The van der Waals surface area contributed by atoms with Crippen LogP contribution in [0, 0.1) is 5.95 Å². The average molecular weight is 442 g/mol. The van der Waals surface area contributed by atoms with Crippen LogP contribution in [0.1, 0.15) is 21.5 Å². The van der Waals surface area contributed by atoms with E-state index in [0.29, 0.717) is 35.5 Å². The summed E-state index contributed by atoms with van der Waals surface area (Å²) in [6.45, 7) is 1.19. The number of hydrogen-bond donors (Lipinski definition) is 0. The van der Waals surface area contributed by atoms with Gasteiger partial charge in [-0.2, -0.15) is 9.37 Å². The van der Waals surface area contributed by atoms with Gasteiger partial charge in [-0.25, -0.2) is 9.97 Å². The summed E-state index contributed by atoms with van der Waals surface area (Å²) in [5, 5.41) is 0. The molecule has 0 saturated carbocycles. The molecule has 0 fully saturated rings. The Bertz CT molecular complexity index is 1300. The molecule has 1 aliphatic rings. The molecule has 0 unspecified atom stereocenters. The number of aromatic nitrogens is 3. The third-order valence-electron chi connectivity index (χ3n) is 5.40. The molecule has 0 spiro atoms. The first-order chi connectivity index (χ1) is 16.1. The van der Waals surface area contributed by atoms with E-state index in [1.807, 2.05) is 29.2 Å². The summed E-state index contributed by atoms with van der Waals surface area (Å²) in [5.74, 6) is -0.00934. The lowest BCUT2D eigenvalue weighted by Crippen LogP contribution is -2.25. The summed E-state index contributed by atoms with van der Waals surface area (Å²) in [4.78, 5) is 26.7. The molecule has 8 heteroatoms. The summed E-state index contributed by atoms with van der Waals surface area (Å²) in [5.41, 5.74) is 3.90. The van der Waals surface area contributed by atoms with Crippen LogP contribution in [0.15, 0.2) is 73.1 Å². The minimum Gasteiger partial charge on any atom is -0.467 e. The molecular weight excluding hydrogens is 423 g/mol. The van der Waals surface area contributed by atoms with Crippen LogP contribution in [0.5, 0.6) is 17.6 Å². The van der Waals surface area contributed by atoms with E-state index >= 15 is 0 Å². The van der Waals surface area contributed by atoms with E-state index in [-0.39, 0.29) is 17.8 Å². The molecule has 1 amide bonds. The molecule has 0 radical (unpaired) electrons. The van der Waals surface area contributed by atoms with Gasteiger partial charge in [0, 0.05) is 37.1 Å². The highest BCUT2D eigenvalue weighted by molar-refractivity contribution is 5.94. The summed E-state index contributed by atoms with van der Waals surface area (Å²) >= 11 is 0. The molecule has 0 atom stereocenters. The van der Waals surface area contributed by atoms with Gasteiger partial charge in [-0.05, 0) is 47.0 Å². The van der Waals surface area contributed by atoms with Crippen molar-refractivity contribution in [1.29, 1.82) is 0 Å². The SMILES string of the molecule is COc1ncc(-c2ccnc(F)c2)c(Oc2ccc(C(=O)N3Cc4ccccc4C3)cc2)n1. The number of amides is 1. The Labute approximate surface area is 189 Å². The van der Waals surface area contributed by atoms with Crippen molar-refractivity contribution in [3.63, 3.8) is 0 Å². The number of benzene rings is 2. The van der Waals surface area contributed by atoms with Gasteiger partial charge in [0.1, 0.15) is 5.75 Å². The molecule has 7 nitrogen and oxygen atoms in total. The van der Waals surface area contributed by atoms with E-state index in [1.54, 1.807) is 30.3 Å². The highest BCUT2D eigenvalue weighted by atomic mass is 19.1. The third-order valence-corrected chi connectivity index (χ3v) is 5.40. The minimum atomic E-state index is -0.624. The molecule has 0 saturated heterocycles. The maximum atomic E-state index is 13.6. The number of nitrogens with zero attached hydrogens (tertiary/aromatic N) is 4. The highest BCUT2D eigenvalue weighted by Gasteiger charge is 2.24. The van der Waals surface area contributed by atoms with Gasteiger partial charge in [-0.3, -0.25) is 4.79 Å². The lowest BCUT2D eigenvalue weighted by Gasteiger charge is -2.16. The van der Waals surface area contributed by atoms with Crippen molar-refractivity contribution >= 4 is 5.91 Å². The molecule has 4 aromatic rings. The van der Waals surface area contributed by atoms with Crippen LogP contribution in [-0.4, -0.2) is 32.9 Å². The van der Waals surface area contributed by atoms with Gasteiger partial charge in [0.2, 0.25) is 11.8 Å². The Balaban J connectivity index is 1.37. The number of pyridine rings is 1. The largest absolute Gasteiger partial charge is 0.467 e. The molecule has 5 rings (SSSR count). The minimum absolute atomic E-state index is 0.0468. The molecule has 3 heterocycles. The van der Waals surface area contributed by atoms with Crippen molar-refractivity contribution in [1.82, 2.24) is 19.9 Å². The number of fused-ring (bicyclic) bond motifs is 1. The van der Waals surface area contributed by atoms with E-state index < -0.39 is 5.95 Å². The maximum Gasteiger partial charge on any atom is 0.319 e. The van der Waals surface area contributed by atoms with Crippen molar-refractivity contribution in [3.05, 3.63) is 95.7 Å². The zero-order valence-corrected chi connectivity index (χ0v) is 17.7. The maximum absolute atomic E-state index is 13.6. The second-order valence-corrected chi connectivity index (χ2v) is 7.50. The molecule has 0 bridgehead atoms. The molecule has 2 aromatic heterocycles. The van der Waals surface area contributed by atoms with Gasteiger partial charge < -0.3 is 14.4 Å². The molecule has 33 heavy (non-hydrogen) atoms. The van der Waals surface area contributed by atoms with Gasteiger partial charge >= 0.3 is 6.01 Å². The summed E-state index contributed by atoms with van der Waals surface area (Å²) in [6.07, 6.45) is 2.86. The summed E-state index contributed by atoms with van der Waals surface area (Å²) < 4.78 is 24.7. The predicted molar refractivity (Wildman–Crippen MR) is 118 cm³/mol. The standard InChI is InChI=1S/C25H19FN4O3/c1-32-25-28-13-21(17-10-11-27-22(26)12-17)23(29-25)33-20-8-6-16(7-9-20)24(31)30-14-18-4-2-3-5-19(18)15-30/h2-13H,14-15H2,1H3. The summed E-state index contributed by atoms with van der Waals surface area (Å²) in [6, 6.07) is 17.9. The van der Waals surface area contributed by atoms with Crippen molar-refractivity contribution in [2.45, 2.75) is 13.1 Å². The van der Waals surface area contributed by atoms with Crippen molar-refractivity contribution < 1.29 is 18.7 Å². The second kappa shape index (κ2) is 8.66. The van der Waals surface area contributed by atoms with Gasteiger partial charge in [-0.1, -0.05) is 24.3 Å². The lowest BCUT2D eigenvalue weighted by molar-refractivity contribution is 0.0751. The van der Waals surface area contributed by atoms with E-state index in [1.165, 1.54) is 36.7 Å². The van der Waals surface area contributed by atoms with Gasteiger partial charge in [0.15, 0.2) is 0 Å². The van der Waals surface area contributed by atoms with Crippen LogP contribution >= 0.6 is 0 Å². The summed E-state index contributed by atoms with van der Waals surface area (Å²) in [7, 11) is 1.45. The van der Waals surface area contributed by atoms with E-state index in [0.717, 1.165) is 0 Å². The van der Waals surface area contributed by atoms with Crippen molar-refractivity contribution in [2.24, 2.45) is 0 Å². The number of methoxy groups -OCH3 is 1. The van der Waals surface area contributed by atoms with Crippen molar-refractivity contribution in [2.75, 3.05) is 7.11 Å². The molecule has 2 aromatic carbocycles. The molecular formula is C25H19FN4O3. The fourth-order valence-corrected chi connectivity index (χ4v) is 3.73. The van der Waals surface area contributed by atoms with E-state index in [4.69, 9.17) is 9.47 Å². The Kier molecular flexibility index (Phi) is 5.40. The number of carbonyl (C=O) groups excluding carboxylic acids is 1. The third kappa shape index (κ3) is 4.23. The van der Waals surface area contributed by atoms with Gasteiger partial charge in [0.25, 0.3) is 5.91 Å². The van der Waals surface area contributed by atoms with Crippen LogP contribution in [0.25, 0.3) is 11.1 Å². The Morgan fingerprint density at radius 3 is 2.39 bits per heavy atom. The zero-order valence-electron chi connectivity index (χ0n) is 17.7. The number of rotatable bonds is 5. The van der Waals surface area contributed by atoms with E-state index in [9.17, 15) is 9.18 Å². The van der Waals surface area contributed by atoms with Crippen LogP contribution in [0.2, 0.25) is 0 Å². The quantitative estimate of drug-likeness (QED) is 0.419. The van der Waals surface area contributed by atoms with Crippen LogP contribution in [-0.2, 0) is 13.1 Å². The monoisotopic (exact) mass is 442 g/mol. The van der Waals surface area contributed by atoms with E-state index in [2.05, 4.69) is 15.0 Å². The van der Waals surface area contributed by atoms with Gasteiger partial charge in [-0.15, -0.1) is 0 Å². The molecule has 0 N–H and O–H groups in total. The fraction of sp³-hybridized carbons (Fsp3) is 0.120. The smallest absolute Gasteiger partial charge is 0.319 e. The number of carbonyl (C=O) groups is 1. The lowest BCUT2D eigenvalue weighted by atomic mass is 10.1. The van der Waals surface area contributed by atoms with Crippen LogP contribution in [0.3, 0.4) is 0 Å². The van der Waals surface area contributed by atoms with Crippen molar-refractivity contribution in [3.8, 4) is 28.8 Å². The Hall–Kier alpha value is -4.33. The molecule has 1 aliphatic heterocycles. The van der Waals surface area contributed by atoms with Crippen LogP contribution in [0.4, 0.5) is 4.39 Å². The fourth-order valence-electron chi connectivity index (χ4n) is 3.73.